The maximum atomic E-state index is 13.3. The van der Waals surface area contributed by atoms with E-state index in [1.54, 1.807) is 12.1 Å². The second-order valence-corrected chi connectivity index (χ2v) is 4.16. The van der Waals surface area contributed by atoms with Crippen molar-refractivity contribution in [2.24, 2.45) is 0 Å². The molecule has 0 saturated heterocycles. The van der Waals surface area contributed by atoms with E-state index in [9.17, 15) is 8.78 Å². The number of anilines is 1. The molecule has 20 heavy (non-hydrogen) atoms. The van der Waals surface area contributed by atoms with Crippen LogP contribution in [-0.2, 0) is 6.54 Å². The van der Waals surface area contributed by atoms with Crippen molar-refractivity contribution in [3.8, 4) is 11.8 Å². The zero-order valence-electron chi connectivity index (χ0n) is 10.8. The van der Waals surface area contributed by atoms with Crippen LogP contribution in [-0.4, -0.2) is 7.11 Å². The van der Waals surface area contributed by atoms with Crippen LogP contribution in [0.4, 0.5) is 14.5 Å². The van der Waals surface area contributed by atoms with Gasteiger partial charge < -0.3 is 10.1 Å². The minimum absolute atomic E-state index is 0.131. The number of hydrogen-bond acceptors (Lipinski definition) is 3. The Labute approximate surface area is 115 Å². The standard InChI is InChI=1S/C15H12F2N2O/c1-20-15-7-13(2-3-14(15)17)19-9-11-4-10(8-18)5-12(16)6-11/h2-7,19H,9H2,1H3. The van der Waals surface area contributed by atoms with Crippen LogP contribution in [0.15, 0.2) is 36.4 Å². The molecule has 0 unspecified atom stereocenters. The number of rotatable bonds is 4. The van der Waals surface area contributed by atoms with Crippen LogP contribution in [0.3, 0.4) is 0 Å². The SMILES string of the molecule is COc1cc(NCc2cc(F)cc(C#N)c2)ccc1F. The highest BCUT2D eigenvalue weighted by molar-refractivity contribution is 5.49. The van der Waals surface area contributed by atoms with Crippen LogP contribution in [0, 0.1) is 23.0 Å². The minimum atomic E-state index is -0.461. The average Bonchev–Trinajstić information content (AvgIpc) is 2.45. The molecule has 102 valence electrons. The molecule has 0 radical (unpaired) electrons. The Balaban J connectivity index is 2.13. The van der Waals surface area contributed by atoms with Gasteiger partial charge in [0, 0.05) is 18.3 Å². The summed E-state index contributed by atoms with van der Waals surface area (Å²) in [5.74, 6) is -0.778. The Morgan fingerprint density at radius 2 is 2.00 bits per heavy atom. The van der Waals surface area contributed by atoms with Gasteiger partial charge in [-0.2, -0.15) is 5.26 Å². The highest BCUT2D eigenvalue weighted by Gasteiger charge is 2.04. The Morgan fingerprint density at radius 1 is 1.20 bits per heavy atom. The van der Waals surface area contributed by atoms with Gasteiger partial charge in [0.15, 0.2) is 11.6 Å². The molecule has 2 rings (SSSR count). The van der Waals surface area contributed by atoms with Crippen molar-refractivity contribution in [3.05, 3.63) is 59.2 Å². The van der Waals surface area contributed by atoms with Gasteiger partial charge in [0.05, 0.1) is 18.7 Å². The summed E-state index contributed by atoms with van der Waals surface area (Å²) in [4.78, 5) is 0. The van der Waals surface area contributed by atoms with Gasteiger partial charge in [-0.3, -0.25) is 0 Å². The molecule has 0 aromatic heterocycles. The van der Waals surface area contributed by atoms with Gasteiger partial charge in [0.25, 0.3) is 0 Å². The van der Waals surface area contributed by atoms with Crippen molar-refractivity contribution in [3.63, 3.8) is 0 Å². The molecule has 3 nitrogen and oxygen atoms in total. The molecule has 0 spiro atoms. The van der Waals surface area contributed by atoms with E-state index in [2.05, 4.69) is 5.32 Å². The van der Waals surface area contributed by atoms with Gasteiger partial charge in [-0.1, -0.05) is 0 Å². The number of nitriles is 1. The smallest absolute Gasteiger partial charge is 0.165 e. The van der Waals surface area contributed by atoms with Gasteiger partial charge in [0.2, 0.25) is 0 Å². The lowest BCUT2D eigenvalue weighted by atomic mass is 10.1. The van der Waals surface area contributed by atoms with E-state index < -0.39 is 11.6 Å². The van der Waals surface area contributed by atoms with Crippen molar-refractivity contribution in [2.75, 3.05) is 12.4 Å². The monoisotopic (exact) mass is 274 g/mol. The number of halogens is 2. The van der Waals surface area contributed by atoms with Crippen molar-refractivity contribution >= 4 is 5.69 Å². The Morgan fingerprint density at radius 3 is 2.70 bits per heavy atom. The molecule has 0 aliphatic rings. The van der Waals surface area contributed by atoms with E-state index in [1.807, 2.05) is 6.07 Å². The number of benzene rings is 2. The third kappa shape index (κ3) is 3.23. The van der Waals surface area contributed by atoms with E-state index in [-0.39, 0.29) is 11.3 Å². The average molecular weight is 274 g/mol. The van der Waals surface area contributed by atoms with Gasteiger partial charge in [0.1, 0.15) is 5.82 Å². The Kier molecular flexibility index (Phi) is 4.16. The van der Waals surface area contributed by atoms with Crippen molar-refractivity contribution in [2.45, 2.75) is 6.54 Å². The lowest BCUT2D eigenvalue weighted by molar-refractivity contribution is 0.387. The van der Waals surface area contributed by atoms with Gasteiger partial charge in [-0.15, -0.1) is 0 Å². The fraction of sp³-hybridized carbons (Fsp3) is 0.133. The maximum Gasteiger partial charge on any atom is 0.165 e. The van der Waals surface area contributed by atoms with Gasteiger partial charge in [-0.05, 0) is 35.9 Å². The van der Waals surface area contributed by atoms with Crippen LogP contribution in [0.1, 0.15) is 11.1 Å². The summed E-state index contributed by atoms with van der Waals surface area (Å²) in [6.07, 6.45) is 0. The lowest BCUT2D eigenvalue weighted by Crippen LogP contribution is -2.01. The summed E-state index contributed by atoms with van der Waals surface area (Å²) in [6, 6.07) is 10.4. The van der Waals surface area contributed by atoms with E-state index in [0.29, 0.717) is 17.8 Å². The highest BCUT2D eigenvalue weighted by Crippen LogP contribution is 2.22. The lowest BCUT2D eigenvalue weighted by Gasteiger charge is -2.09. The molecule has 0 saturated carbocycles. The molecule has 1 N–H and O–H groups in total. The molecule has 0 atom stereocenters. The van der Waals surface area contributed by atoms with E-state index >= 15 is 0 Å². The molecule has 0 amide bonds. The fourth-order valence-corrected chi connectivity index (χ4v) is 1.79. The predicted octanol–water partition coefficient (Wildman–Crippen LogP) is 3.46. The summed E-state index contributed by atoms with van der Waals surface area (Å²) < 4.78 is 31.4. The van der Waals surface area contributed by atoms with Crippen LogP contribution < -0.4 is 10.1 Å². The topological polar surface area (TPSA) is 45.0 Å². The van der Waals surface area contributed by atoms with E-state index in [4.69, 9.17) is 10.00 Å². The Hall–Kier alpha value is -2.61. The minimum Gasteiger partial charge on any atom is -0.494 e. The molecule has 5 heteroatoms. The molecular weight excluding hydrogens is 262 g/mol. The summed E-state index contributed by atoms with van der Waals surface area (Å²) in [5, 5.41) is 11.8. The molecule has 0 heterocycles. The number of ether oxygens (including phenoxy) is 1. The molecule has 0 fully saturated rings. The first-order valence-corrected chi connectivity index (χ1v) is 5.89. The second-order valence-electron chi connectivity index (χ2n) is 4.16. The maximum absolute atomic E-state index is 13.3. The molecule has 2 aromatic carbocycles. The second kappa shape index (κ2) is 6.02. The number of hydrogen-bond donors (Lipinski definition) is 1. The zero-order valence-corrected chi connectivity index (χ0v) is 10.8. The first-order chi connectivity index (χ1) is 9.62. The van der Waals surface area contributed by atoms with Crippen molar-refractivity contribution in [1.82, 2.24) is 0 Å². The van der Waals surface area contributed by atoms with Crippen molar-refractivity contribution < 1.29 is 13.5 Å². The fourth-order valence-electron chi connectivity index (χ4n) is 1.79. The summed E-state index contributed by atoms with van der Waals surface area (Å²) in [5.41, 5.74) is 1.54. The molecule has 0 aliphatic carbocycles. The van der Waals surface area contributed by atoms with E-state index in [0.717, 1.165) is 0 Å². The van der Waals surface area contributed by atoms with Crippen LogP contribution >= 0.6 is 0 Å². The van der Waals surface area contributed by atoms with Crippen LogP contribution in [0.2, 0.25) is 0 Å². The molecular formula is C15H12F2N2O. The van der Waals surface area contributed by atoms with Crippen molar-refractivity contribution in [1.29, 1.82) is 5.26 Å². The molecule has 0 bridgehead atoms. The first-order valence-electron chi connectivity index (χ1n) is 5.89. The third-order valence-corrected chi connectivity index (χ3v) is 2.73. The Bertz CT molecular complexity index is 665. The summed E-state index contributed by atoms with van der Waals surface area (Å²) in [7, 11) is 1.38. The normalized spacial score (nSPS) is 9.90. The molecule has 2 aromatic rings. The van der Waals surface area contributed by atoms with E-state index in [1.165, 1.54) is 31.4 Å². The zero-order chi connectivity index (χ0) is 14.5. The van der Waals surface area contributed by atoms with Gasteiger partial charge >= 0.3 is 0 Å². The number of methoxy groups -OCH3 is 1. The quantitative estimate of drug-likeness (QED) is 0.928. The first kappa shape index (κ1) is 13.8. The summed E-state index contributed by atoms with van der Waals surface area (Å²) in [6.45, 7) is 0.321. The van der Waals surface area contributed by atoms with Crippen LogP contribution in [0.25, 0.3) is 0 Å². The largest absolute Gasteiger partial charge is 0.494 e. The summed E-state index contributed by atoms with van der Waals surface area (Å²) >= 11 is 0. The predicted molar refractivity (Wildman–Crippen MR) is 71.4 cm³/mol. The van der Waals surface area contributed by atoms with Crippen LogP contribution in [0.5, 0.6) is 5.75 Å². The number of nitrogens with one attached hydrogen (secondary N) is 1. The highest BCUT2D eigenvalue weighted by atomic mass is 19.1. The third-order valence-electron chi connectivity index (χ3n) is 2.73. The number of nitrogens with zero attached hydrogens (tertiary/aromatic N) is 1. The molecule has 0 aliphatic heterocycles. The van der Waals surface area contributed by atoms with Gasteiger partial charge in [-0.25, -0.2) is 8.78 Å².